The van der Waals surface area contributed by atoms with Crippen LogP contribution < -0.4 is 5.43 Å². The molecule has 3 rings (SSSR count). The van der Waals surface area contributed by atoms with E-state index in [0.717, 1.165) is 22.2 Å². The van der Waals surface area contributed by atoms with Gasteiger partial charge in [0.1, 0.15) is 0 Å². The summed E-state index contributed by atoms with van der Waals surface area (Å²) < 4.78 is 2.04. The van der Waals surface area contributed by atoms with Gasteiger partial charge in [0.2, 0.25) is 0 Å². The van der Waals surface area contributed by atoms with Crippen LogP contribution in [0.2, 0.25) is 0 Å². The van der Waals surface area contributed by atoms with Gasteiger partial charge in [-0.25, -0.2) is 0 Å². The molecule has 1 heterocycles. The quantitative estimate of drug-likeness (QED) is 0.689. The largest absolute Gasteiger partial charge is 0.344 e. The Morgan fingerprint density at radius 2 is 1.60 bits per heavy atom. The number of pyridine rings is 1. The van der Waals surface area contributed by atoms with Gasteiger partial charge >= 0.3 is 0 Å². The minimum atomic E-state index is 0.0615. The first-order chi connectivity index (χ1) is 9.75. The summed E-state index contributed by atoms with van der Waals surface area (Å²) in [7, 11) is 1.98. The molecule has 0 saturated heterocycles. The molecule has 0 N–H and O–H groups in total. The van der Waals surface area contributed by atoms with Crippen LogP contribution in [0.3, 0.4) is 0 Å². The van der Waals surface area contributed by atoms with Crippen molar-refractivity contribution < 1.29 is 0 Å². The van der Waals surface area contributed by atoms with Gasteiger partial charge in [0.15, 0.2) is 5.43 Å². The Morgan fingerprint density at radius 3 is 2.40 bits per heavy atom. The van der Waals surface area contributed by atoms with Crippen LogP contribution in [0.15, 0.2) is 65.5 Å². The summed E-state index contributed by atoms with van der Waals surface area (Å²) in [5.41, 5.74) is 3.03. The Kier molecular flexibility index (Phi) is 3.21. The summed E-state index contributed by atoms with van der Waals surface area (Å²) in [5.74, 6) is 0. The van der Waals surface area contributed by atoms with Crippen molar-refractivity contribution in [2.24, 2.45) is 7.05 Å². The minimum absolute atomic E-state index is 0.0615. The van der Waals surface area contributed by atoms with Gasteiger partial charge in [-0.15, -0.1) is 0 Å². The van der Waals surface area contributed by atoms with E-state index in [1.165, 1.54) is 0 Å². The van der Waals surface area contributed by atoms with Crippen molar-refractivity contribution in [1.82, 2.24) is 4.57 Å². The standard InChI is InChI=1S/C18H15NO/c1-19-15(12-11-14-7-3-2-4-8-14)13-18(20)16-9-5-6-10-17(16)19/h2-13H,1H3/b12-11+. The highest BCUT2D eigenvalue weighted by Crippen LogP contribution is 2.13. The second-order valence-corrected chi connectivity index (χ2v) is 4.75. The highest BCUT2D eigenvalue weighted by atomic mass is 16.1. The monoisotopic (exact) mass is 261 g/mol. The minimum Gasteiger partial charge on any atom is -0.344 e. The van der Waals surface area contributed by atoms with Crippen molar-refractivity contribution in [3.8, 4) is 0 Å². The third-order valence-electron chi connectivity index (χ3n) is 3.44. The van der Waals surface area contributed by atoms with E-state index in [1.54, 1.807) is 6.07 Å². The zero-order valence-electron chi connectivity index (χ0n) is 11.3. The molecule has 2 aromatic carbocycles. The number of hydrogen-bond donors (Lipinski definition) is 0. The molecule has 0 fully saturated rings. The van der Waals surface area contributed by atoms with Crippen LogP contribution in [-0.2, 0) is 7.05 Å². The first-order valence-electron chi connectivity index (χ1n) is 6.57. The molecule has 2 heteroatoms. The van der Waals surface area contributed by atoms with Gasteiger partial charge < -0.3 is 4.57 Å². The van der Waals surface area contributed by atoms with E-state index in [4.69, 9.17) is 0 Å². The summed E-state index contributed by atoms with van der Waals surface area (Å²) in [6.07, 6.45) is 3.99. The summed E-state index contributed by atoms with van der Waals surface area (Å²) in [6.45, 7) is 0. The fourth-order valence-electron chi connectivity index (χ4n) is 2.33. The molecule has 0 spiro atoms. The molecule has 98 valence electrons. The third-order valence-corrected chi connectivity index (χ3v) is 3.44. The van der Waals surface area contributed by atoms with Gasteiger partial charge in [0.25, 0.3) is 0 Å². The zero-order valence-corrected chi connectivity index (χ0v) is 11.3. The lowest BCUT2D eigenvalue weighted by Crippen LogP contribution is -2.08. The van der Waals surface area contributed by atoms with Crippen molar-refractivity contribution in [2.75, 3.05) is 0 Å². The maximum Gasteiger partial charge on any atom is 0.190 e. The Balaban J connectivity index is 2.11. The van der Waals surface area contributed by atoms with Crippen LogP contribution in [0, 0.1) is 0 Å². The van der Waals surface area contributed by atoms with Crippen molar-refractivity contribution in [3.05, 3.63) is 82.1 Å². The number of fused-ring (bicyclic) bond motifs is 1. The third kappa shape index (κ3) is 2.28. The molecule has 0 aliphatic heterocycles. The number of para-hydroxylation sites is 1. The Bertz CT molecular complexity index is 829. The molecule has 0 amide bonds. The fraction of sp³-hybridized carbons (Fsp3) is 0.0556. The van der Waals surface area contributed by atoms with Crippen LogP contribution in [0.4, 0.5) is 0 Å². The molecule has 20 heavy (non-hydrogen) atoms. The summed E-state index contributed by atoms with van der Waals surface area (Å²) in [6, 6.07) is 19.4. The smallest absolute Gasteiger partial charge is 0.190 e. The van der Waals surface area contributed by atoms with Crippen LogP contribution >= 0.6 is 0 Å². The molecule has 3 aromatic rings. The summed E-state index contributed by atoms with van der Waals surface area (Å²) in [5, 5.41) is 0.756. The average molecular weight is 261 g/mol. The van der Waals surface area contributed by atoms with E-state index in [0.29, 0.717) is 0 Å². The molecule has 0 bridgehead atoms. The fourth-order valence-corrected chi connectivity index (χ4v) is 2.33. The maximum atomic E-state index is 12.1. The van der Waals surface area contributed by atoms with Crippen LogP contribution in [0.5, 0.6) is 0 Å². The number of nitrogens with zero attached hydrogens (tertiary/aromatic N) is 1. The summed E-state index contributed by atoms with van der Waals surface area (Å²) >= 11 is 0. The van der Waals surface area contributed by atoms with E-state index < -0.39 is 0 Å². The highest BCUT2D eigenvalue weighted by Gasteiger charge is 2.03. The Hall–Kier alpha value is -2.61. The first-order valence-corrected chi connectivity index (χ1v) is 6.57. The van der Waals surface area contributed by atoms with Crippen molar-refractivity contribution in [1.29, 1.82) is 0 Å². The van der Waals surface area contributed by atoms with Crippen molar-refractivity contribution >= 4 is 23.1 Å². The van der Waals surface area contributed by atoms with Crippen LogP contribution in [0.25, 0.3) is 23.1 Å². The normalized spacial score (nSPS) is 11.2. The molecule has 0 saturated carbocycles. The number of aryl methyl sites for hydroxylation is 1. The maximum absolute atomic E-state index is 12.1. The van der Waals surface area contributed by atoms with E-state index in [2.05, 4.69) is 0 Å². The molecular formula is C18H15NO. The molecule has 1 aromatic heterocycles. The van der Waals surface area contributed by atoms with E-state index in [9.17, 15) is 4.79 Å². The number of aromatic nitrogens is 1. The SMILES string of the molecule is Cn1c(/C=C/c2ccccc2)cc(=O)c2ccccc21. The van der Waals surface area contributed by atoms with Crippen molar-refractivity contribution in [3.63, 3.8) is 0 Å². The van der Waals surface area contributed by atoms with Gasteiger partial charge in [-0.05, 0) is 23.8 Å². The van der Waals surface area contributed by atoms with Crippen LogP contribution in [-0.4, -0.2) is 4.57 Å². The second-order valence-electron chi connectivity index (χ2n) is 4.75. The lowest BCUT2D eigenvalue weighted by atomic mass is 10.1. The van der Waals surface area contributed by atoms with E-state index >= 15 is 0 Å². The van der Waals surface area contributed by atoms with Crippen LogP contribution in [0.1, 0.15) is 11.3 Å². The highest BCUT2D eigenvalue weighted by molar-refractivity contribution is 5.81. The van der Waals surface area contributed by atoms with E-state index in [1.807, 2.05) is 78.4 Å². The first kappa shape index (κ1) is 12.4. The number of rotatable bonds is 2. The zero-order chi connectivity index (χ0) is 13.9. The molecule has 0 aliphatic rings. The molecule has 0 radical (unpaired) electrons. The van der Waals surface area contributed by atoms with Gasteiger partial charge in [-0.1, -0.05) is 48.5 Å². The molecule has 0 atom stereocenters. The topological polar surface area (TPSA) is 22.0 Å². The Labute approximate surface area is 117 Å². The number of hydrogen-bond acceptors (Lipinski definition) is 1. The average Bonchev–Trinajstić information content (AvgIpc) is 2.50. The lowest BCUT2D eigenvalue weighted by Gasteiger charge is -2.09. The lowest BCUT2D eigenvalue weighted by molar-refractivity contribution is 0.936. The van der Waals surface area contributed by atoms with Gasteiger partial charge in [0, 0.05) is 24.2 Å². The van der Waals surface area contributed by atoms with Crippen molar-refractivity contribution in [2.45, 2.75) is 0 Å². The summed E-state index contributed by atoms with van der Waals surface area (Å²) in [4.78, 5) is 12.1. The number of benzene rings is 2. The van der Waals surface area contributed by atoms with Gasteiger partial charge in [-0.3, -0.25) is 4.79 Å². The van der Waals surface area contributed by atoms with E-state index in [-0.39, 0.29) is 5.43 Å². The molecule has 2 nitrogen and oxygen atoms in total. The molecule has 0 unspecified atom stereocenters. The van der Waals surface area contributed by atoms with Gasteiger partial charge in [-0.2, -0.15) is 0 Å². The van der Waals surface area contributed by atoms with Gasteiger partial charge in [0.05, 0.1) is 5.52 Å². The molecule has 0 aliphatic carbocycles. The predicted molar refractivity (Wildman–Crippen MR) is 84.6 cm³/mol. The second kappa shape index (κ2) is 5.17. The predicted octanol–water partition coefficient (Wildman–Crippen LogP) is 3.71. The Morgan fingerprint density at radius 1 is 0.900 bits per heavy atom. The molecular weight excluding hydrogens is 246 g/mol.